The molecule has 0 spiro atoms. The third-order valence-electron chi connectivity index (χ3n) is 6.23. The number of hydrogen-bond donors (Lipinski definition) is 1. The number of carboxylic acid groups (broad SMARTS) is 1. The molecule has 1 saturated carbocycles. The molecule has 36 heavy (non-hydrogen) atoms. The van der Waals surface area contributed by atoms with Crippen molar-refractivity contribution in [3.63, 3.8) is 0 Å². The average molecular weight is 493 g/mol. The highest BCUT2D eigenvalue weighted by Gasteiger charge is 2.28. The lowest BCUT2D eigenvalue weighted by molar-refractivity contribution is -0.145. The maximum atomic E-state index is 14.7. The fourth-order valence-corrected chi connectivity index (χ4v) is 4.59. The maximum absolute atomic E-state index is 14.7. The lowest BCUT2D eigenvalue weighted by atomic mass is 9.94. The molecular formula is C27H25FN2O6. The maximum Gasteiger partial charge on any atom is 0.329 e. The number of hydrogen-bond acceptors (Lipinski definition) is 7. The number of nitrogens with zero attached hydrogens (tertiary/aromatic N) is 2. The van der Waals surface area contributed by atoms with Crippen LogP contribution >= 0.6 is 0 Å². The summed E-state index contributed by atoms with van der Waals surface area (Å²) in [5.74, 6) is -0.532. The lowest BCUT2D eigenvalue weighted by Crippen LogP contribution is -2.31. The second-order valence-electron chi connectivity index (χ2n) is 8.61. The Hall–Kier alpha value is -3.98. The van der Waals surface area contributed by atoms with E-state index in [-0.39, 0.29) is 24.6 Å². The Bertz CT molecular complexity index is 1370. The number of aliphatic carboxylic acids is 1. The highest BCUT2D eigenvalue weighted by atomic mass is 19.1. The molecule has 1 N–H and O–H groups in total. The van der Waals surface area contributed by atoms with E-state index in [1.807, 2.05) is 30.3 Å². The number of aromatic nitrogens is 2. The van der Waals surface area contributed by atoms with Crippen molar-refractivity contribution >= 4 is 17.1 Å². The van der Waals surface area contributed by atoms with Crippen molar-refractivity contribution in [2.75, 3.05) is 13.7 Å². The summed E-state index contributed by atoms with van der Waals surface area (Å²) >= 11 is 0. The summed E-state index contributed by atoms with van der Waals surface area (Å²) in [6.45, 7) is -0.343. The van der Waals surface area contributed by atoms with Gasteiger partial charge in [0, 0.05) is 17.5 Å². The molecule has 2 heterocycles. The van der Waals surface area contributed by atoms with E-state index in [1.54, 1.807) is 12.1 Å². The van der Waals surface area contributed by atoms with Crippen LogP contribution in [0.1, 0.15) is 25.7 Å². The first-order chi connectivity index (χ1) is 17.5. The second-order valence-corrected chi connectivity index (χ2v) is 8.61. The molecular weight excluding hydrogens is 467 g/mol. The van der Waals surface area contributed by atoms with Crippen LogP contribution in [0.5, 0.6) is 11.6 Å². The zero-order valence-corrected chi connectivity index (χ0v) is 19.6. The number of carbonyl (C=O) groups is 1. The van der Waals surface area contributed by atoms with Gasteiger partial charge in [0.25, 0.3) is 0 Å². The number of halogens is 1. The van der Waals surface area contributed by atoms with E-state index in [0.717, 1.165) is 24.8 Å². The lowest BCUT2D eigenvalue weighted by Gasteiger charge is -2.29. The molecule has 5 rings (SSSR count). The molecule has 0 radical (unpaired) electrons. The normalized spacial score (nSPS) is 17.7. The van der Waals surface area contributed by atoms with Gasteiger partial charge in [-0.3, -0.25) is 0 Å². The Morgan fingerprint density at radius 2 is 1.92 bits per heavy atom. The van der Waals surface area contributed by atoms with E-state index in [0.29, 0.717) is 40.3 Å². The Morgan fingerprint density at radius 1 is 1.11 bits per heavy atom. The summed E-state index contributed by atoms with van der Waals surface area (Å²) in [6.07, 6.45) is 3.84. The van der Waals surface area contributed by atoms with Gasteiger partial charge < -0.3 is 23.7 Å². The van der Waals surface area contributed by atoms with Crippen LogP contribution < -0.4 is 9.47 Å². The van der Waals surface area contributed by atoms with E-state index < -0.39 is 11.8 Å². The molecule has 1 aliphatic carbocycles. The number of carboxylic acids is 1. The molecule has 0 amide bonds. The van der Waals surface area contributed by atoms with Gasteiger partial charge in [0.2, 0.25) is 11.6 Å². The van der Waals surface area contributed by atoms with Crippen LogP contribution in [-0.2, 0) is 9.53 Å². The highest BCUT2D eigenvalue weighted by molar-refractivity contribution is 6.03. The van der Waals surface area contributed by atoms with Gasteiger partial charge in [-0.2, -0.15) is 0 Å². The van der Waals surface area contributed by atoms with Crippen LogP contribution in [0.2, 0.25) is 0 Å². The minimum Gasteiger partial charge on any atom is -0.494 e. The fourth-order valence-electron chi connectivity index (χ4n) is 4.59. The molecule has 1 fully saturated rings. The molecule has 4 aromatic rings. The molecule has 2 aromatic carbocycles. The highest BCUT2D eigenvalue weighted by Crippen LogP contribution is 2.44. The van der Waals surface area contributed by atoms with E-state index in [1.165, 1.54) is 19.5 Å². The minimum absolute atomic E-state index is 0.134. The quantitative estimate of drug-likeness (QED) is 0.344. The largest absolute Gasteiger partial charge is 0.494 e. The minimum atomic E-state index is -1.00. The monoisotopic (exact) mass is 492 g/mol. The SMILES string of the molecule is COc1ccc(-c2c(-c3ccccc3)oc3ncnc(O[C@H]4CCC[C@@H](OCC(=O)O)C4)c23)cc1F. The summed E-state index contributed by atoms with van der Waals surface area (Å²) in [7, 11) is 1.41. The van der Waals surface area contributed by atoms with Crippen molar-refractivity contribution in [1.82, 2.24) is 9.97 Å². The van der Waals surface area contributed by atoms with Crippen LogP contribution in [0.3, 0.4) is 0 Å². The first-order valence-corrected chi connectivity index (χ1v) is 11.7. The second kappa shape index (κ2) is 10.3. The molecule has 1 aliphatic rings. The predicted octanol–water partition coefficient (Wildman–Crippen LogP) is 5.50. The topological polar surface area (TPSA) is 104 Å². The van der Waals surface area contributed by atoms with Crippen molar-refractivity contribution < 1.29 is 32.9 Å². The summed E-state index contributed by atoms with van der Waals surface area (Å²) in [6, 6.07) is 14.2. The van der Waals surface area contributed by atoms with Crippen molar-refractivity contribution in [3.8, 4) is 34.1 Å². The molecule has 8 nitrogen and oxygen atoms in total. The molecule has 0 unspecified atom stereocenters. The zero-order valence-electron chi connectivity index (χ0n) is 19.6. The van der Waals surface area contributed by atoms with E-state index in [9.17, 15) is 9.18 Å². The van der Waals surface area contributed by atoms with Gasteiger partial charge in [0.1, 0.15) is 30.2 Å². The van der Waals surface area contributed by atoms with Crippen LogP contribution in [0.4, 0.5) is 4.39 Å². The van der Waals surface area contributed by atoms with Crippen molar-refractivity contribution in [3.05, 3.63) is 60.7 Å². The van der Waals surface area contributed by atoms with E-state index in [4.69, 9.17) is 23.7 Å². The molecule has 2 atom stereocenters. The molecule has 2 aromatic heterocycles. The average Bonchev–Trinajstić information content (AvgIpc) is 3.29. The first-order valence-electron chi connectivity index (χ1n) is 11.7. The third kappa shape index (κ3) is 4.87. The molecule has 0 aliphatic heterocycles. The van der Waals surface area contributed by atoms with E-state index >= 15 is 0 Å². The molecule has 0 saturated heterocycles. The third-order valence-corrected chi connectivity index (χ3v) is 6.23. The van der Waals surface area contributed by atoms with Crippen molar-refractivity contribution in [2.24, 2.45) is 0 Å². The van der Waals surface area contributed by atoms with Gasteiger partial charge >= 0.3 is 5.97 Å². The van der Waals surface area contributed by atoms with Gasteiger partial charge in [-0.05, 0) is 37.0 Å². The van der Waals surface area contributed by atoms with Gasteiger partial charge in [0.15, 0.2) is 11.6 Å². The van der Waals surface area contributed by atoms with Gasteiger partial charge in [-0.15, -0.1) is 0 Å². The van der Waals surface area contributed by atoms with Crippen LogP contribution in [0.15, 0.2) is 59.3 Å². The van der Waals surface area contributed by atoms with Crippen LogP contribution in [0.25, 0.3) is 33.6 Å². The van der Waals surface area contributed by atoms with Crippen LogP contribution in [-0.4, -0.2) is 47.0 Å². The Morgan fingerprint density at radius 3 is 2.67 bits per heavy atom. The zero-order chi connectivity index (χ0) is 25.1. The first kappa shape index (κ1) is 23.7. The van der Waals surface area contributed by atoms with Crippen LogP contribution in [0, 0.1) is 5.82 Å². The van der Waals surface area contributed by atoms with Crippen molar-refractivity contribution in [1.29, 1.82) is 0 Å². The van der Waals surface area contributed by atoms with Crippen molar-refractivity contribution in [2.45, 2.75) is 37.9 Å². The summed E-state index contributed by atoms with van der Waals surface area (Å²) in [4.78, 5) is 19.6. The van der Waals surface area contributed by atoms with Gasteiger partial charge in [0.05, 0.1) is 13.2 Å². The summed E-state index contributed by atoms with van der Waals surface area (Å²) < 4.78 is 37.9. The molecule has 0 bridgehead atoms. The number of furan rings is 1. The Kier molecular flexibility index (Phi) is 6.81. The Balaban J connectivity index is 1.57. The summed E-state index contributed by atoms with van der Waals surface area (Å²) in [5, 5.41) is 9.47. The number of ether oxygens (including phenoxy) is 3. The fraction of sp³-hybridized carbons (Fsp3) is 0.296. The van der Waals surface area contributed by atoms with Gasteiger partial charge in [-0.1, -0.05) is 36.4 Å². The van der Waals surface area contributed by atoms with Gasteiger partial charge in [-0.25, -0.2) is 19.2 Å². The number of methoxy groups -OCH3 is 1. The Labute approximate surface area is 206 Å². The predicted molar refractivity (Wildman–Crippen MR) is 129 cm³/mol. The summed E-state index contributed by atoms with van der Waals surface area (Å²) in [5.41, 5.74) is 2.30. The van der Waals surface area contributed by atoms with E-state index in [2.05, 4.69) is 9.97 Å². The smallest absolute Gasteiger partial charge is 0.329 e. The standard InChI is InChI=1S/C27H25FN2O6/c1-33-21-11-10-17(12-20(21)28)23-24-26(35-19-9-5-8-18(13-19)34-14-22(31)32)29-15-30-27(24)36-25(23)16-6-3-2-4-7-16/h2-4,6-7,10-12,15,18-19H,5,8-9,13-14H2,1H3,(H,31,32)/t18-,19+/m1/s1. The molecule has 186 valence electrons. The number of benzene rings is 2. The number of fused-ring (bicyclic) bond motifs is 1. The number of rotatable bonds is 8. The molecule has 9 heteroatoms.